The highest BCUT2D eigenvalue weighted by Gasteiger charge is 2.27. The molecule has 0 saturated carbocycles. The summed E-state index contributed by atoms with van der Waals surface area (Å²) in [5, 5.41) is 17.8. The lowest BCUT2D eigenvalue weighted by atomic mass is 10.0. The second-order valence-electron chi connectivity index (χ2n) is 3.82. The molecule has 0 spiro atoms. The zero-order chi connectivity index (χ0) is 12.8. The molecule has 0 aliphatic carbocycles. The Morgan fingerprint density at radius 2 is 1.94 bits per heavy atom. The average molecular weight is 243 g/mol. The van der Waals surface area contributed by atoms with Crippen LogP contribution in [0.3, 0.4) is 0 Å². The van der Waals surface area contributed by atoms with Crippen LogP contribution in [-0.4, -0.2) is 59.4 Å². The van der Waals surface area contributed by atoms with E-state index in [-0.39, 0.29) is 11.6 Å². The summed E-state index contributed by atoms with van der Waals surface area (Å²) in [4.78, 5) is 23.7. The Labute approximate surface area is 99.5 Å². The van der Waals surface area contributed by atoms with Crippen LogP contribution in [0.2, 0.25) is 0 Å². The van der Waals surface area contributed by atoms with Crippen LogP contribution in [0.4, 0.5) is 0 Å². The van der Waals surface area contributed by atoms with Crippen molar-refractivity contribution in [3.8, 4) is 0 Å². The smallest absolute Gasteiger partial charge is 0.333 e. The van der Waals surface area contributed by atoms with Crippen molar-refractivity contribution in [2.45, 2.75) is 19.4 Å². The maximum Gasteiger partial charge on any atom is 0.333 e. The first-order valence-electron chi connectivity index (χ1n) is 5.55. The summed E-state index contributed by atoms with van der Waals surface area (Å²) < 4.78 is 5.19. The number of hydrogen-bond donors (Lipinski definition) is 2. The molecule has 17 heavy (non-hydrogen) atoms. The Kier molecular flexibility index (Phi) is 5.11. The quantitative estimate of drug-likeness (QED) is 0.670. The molecule has 2 N–H and O–H groups in total. The third kappa shape index (κ3) is 3.83. The van der Waals surface area contributed by atoms with Gasteiger partial charge in [0.1, 0.15) is 0 Å². The van der Waals surface area contributed by atoms with Crippen molar-refractivity contribution in [1.82, 2.24) is 4.90 Å². The van der Waals surface area contributed by atoms with Gasteiger partial charge in [-0.05, 0) is 6.42 Å². The van der Waals surface area contributed by atoms with E-state index in [9.17, 15) is 9.59 Å². The molecule has 1 aliphatic heterocycles. The molecule has 96 valence electrons. The Hall–Kier alpha value is -1.40. The van der Waals surface area contributed by atoms with Crippen molar-refractivity contribution < 1.29 is 24.5 Å². The molecule has 1 rings (SSSR count). The average Bonchev–Trinajstić information content (AvgIpc) is 2.29. The molecule has 1 heterocycles. The number of ether oxygens (including phenoxy) is 1. The lowest BCUT2D eigenvalue weighted by Crippen LogP contribution is -2.45. The van der Waals surface area contributed by atoms with Crippen LogP contribution < -0.4 is 0 Å². The monoisotopic (exact) mass is 243 g/mol. The first kappa shape index (κ1) is 13.7. The van der Waals surface area contributed by atoms with E-state index in [1.54, 1.807) is 0 Å². The van der Waals surface area contributed by atoms with Crippen LogP contribution >= 0.6 is 0 Å². The maximum absolute atomic E-state index is 11.1. The van der Waals surface area contributed by atoms with Gasteiger partial charge in [-0.3, -0.25) is 4.90 Å². The minimum absolute atomic E-state index is 0.0677. The van der Waals surface area contributed by atoms with Gasteiger partial charge in [0.25, 0.3) is 0 Å². The van der Waals surface area contributed by atoms with Crippen LogP contribution in [0.15, 0.2) is 11.6 Å². The van der Waals surface area contributed by atoms with Crippen LogP contribution in [0.5, 0.6) is 0 Å². The topological polar surface area (TPSA) is 87.1 Å². The molecule has 1 unspecified atom stereocenters. The number of carbonyl (C=O) groups is 2. The van der Waals surface area contributed by atoms with E-state index in [0.717, 1.165) is 6.08 Å². The Morgan fingerprint density at radius 1 is 1.35 bits per heavy atom. The number of nitrogens with zero attached hydrogens (tertiary/aromatic N) is 1. The normalized spacial score (nSPS) is 19.9. The summed E-state index contributed by atoms with van der Waals surface area (Å²) in [5.74, 6) is -2.40. The van der Waals surface area contributed by atoms with E-state index in [1.807, 2.05) is 11.8 Å². The molecule has 1 saturated heterocycles. The molecule has 0 amide bonds. The molecular formula is C11H17NO5. The summed E-state index contributed by atoms with van der Waals surface area (Å²) in [6.45, 7) is 4.21. The molecule has 6 heteroatoms. The van der Waals surface area contributed by atoms with Crippen molar-refractivity contribution in [3.63, 3.8) is 0 Å². The lowest BCUT2D eigenvalue weighted by molar-refractivity contribution is -0.136. The Bertz CT molecular complexity index is 320. The summed E-state index contributed by atoms with van der Waals surface area (Å²) in [6, 6.07) is -0.368. The molecule has 0 aromatic rings. The van der Waals surface area contributed by atoms with Crippen molar-refractivity contribution in [3.05, 3.63) is 11.6 Å². The van der Waals surface area contributed by atoms with Gasteiger partial charge < -0.3 is 14.9 Å². The number of morpholine rings is 1. The summed E-state index contributed by atoms with van der Waals surface area (Å²) in [7, 11) is 0. The minimum Gasteiger partial charge on any atom is -0.478 e. The van der Waals surface area contributed by atoms with Gasteiger partial charge in [0.05, 0.1) is 18.8 Å². The minimum atomic E-state index is -1.23. The fourth-order valence-corrected chi connectivity index (χ4v) is 2.00. The van der Waals surface area contributed by atoms with Gasteiger partial charge in [-0.2, -0.15) is 0 Å². The van der Waals surface area contributed by atoms with Crippen LogP contribution in [0.1, 0.15) is 13.3 Å². The zero-order valence-electron chi connectivity index (χ0n) is 9.76. The SMILES string of the molecule is CCC(/C(=C\C(=O)O)C(=O)O)N1CCOCC1. The molecule has 1 aliphatic rings. The molecular weight excluding hydrogens is 226 g/mol. The van der Waals surface area contributed by atoms with E-state index in [4.69, 9.17) is 14.9 Å². The number of carboxylic acids is 2. The standard InChI is InChI=1S/C11H17NO5/c1-2-9(12-3-5-17-6-4-12)8(11(15)16)7-10(13)14/h7,9H,2-6H2,1H3,(H,13,14)(H,15,16)/b8-7+. The van der Waals surface area contributed by atoms with Gasteiger partial charge in [0.15, 0.2) is 0 Å². The first-order valence-corrected chi connectivity index (χ1v) is 5.55. The number of carboxylic acid groups (broad SMARTS) is 2. The van der Waals surface area contributed by atoms with Gasteiger partial charge in [0, 0.05) is 25.2 Å². The molecule has 0 aromatic carbocycles. The second-order valence-corrected chi connectivity index (χ2v) is 3.82. The highest BCUT2D eigenvalue weighted by atomic mass is 16.5. The molecule has 6 nitrogen and oxygen atoms in total. The zero-order valence-corrected chi connectivity index (χ0v) is 9.76. The van der Waals surface area contributed by atoms with Crippen molar-refractivity contribution in [2.75, 3.05) is 26.3 Å². The third-order valence-corrected chi connectivity index (χ3v) is 2.76. The summed E-state index contributed by atoms with van der Waals surface area (Å²) >= 11 is 0. The van der Waals surface area contributed by atoms with Gasteiger partial charge in [0.2, 0.25) is 0 Å². The third-order valence-electron chi connectivity index (χ3n) is 2.76. The van der Waals surface area contributed by atoms with E-state index in [1.165, 1.54) is 0 Å². The highest BCUT2D eigenvalue weighted by Crippen LogP contribution is 2.16. The van der Waals surface area contributed by atoms with E-state index < -0.39 is 11.9 Å². The number of rotatable bonds is 5. The van der Waals surface area contributed by atoms with Crippen LogP contribution in [0.25, 0.3) is 0 Å². The predicted molar refractivity (Wildman–Crippen MR) is 59.8 cm³/mol. The van der Waals surface area contributed by atoms with Crippen molar-refractivity contribution >= 4 is 11.9 Å². The van der Waals surface area contributed by atoms with Crippen molar-refractivity contribution in [1.29, 1.82) is 0 Å². The number of aliphatic carboxylic acids is 2. The van der Waals surface area contributed by atoms with Crippen molar-refractivity contribution in [2.24, 2.45) is 0 Å². The lowest BCUT2D eigenvalue weighted by Gasteiger charge is -2.34. The summed E-state index contributed by atoms with van der Waals surface area (Å²) in [6.07, 6.45) is 1.34. The summed E-state index contributed by atoms with van der Waals surface area (Å²) in [5.41, 5.74) is -0.0677. The van der Waals surface area contributed by atoms with Gasteiger partial charge in [-0.1, -0.05) is 6.92 Å². The van der Waals surface area contributed by atoms with Gasteiger partial charge >= 0.3 is 11.9 Å². The van der Waals surface area contributed by atoms with E-state index in [2.05, 4.69) is 0 Å². The largest absolute Gasteiger partial charge is 0.478 e. The number of hydrogen-bond acceptors (Lipinski definition) is 4. The molecule has 0 aromatic heterocycles. The molecule has 1 atom stereocenters. The second kappa shape index (κ2) is 6.36. The van der Waals surface area contributed by atoms with Crippen LogP contribution in [0, 0.1) is 0 Å². The fraction of sp³-hybridized carbons (Fsp3) is 0.636. The molecule has 0 radical (unpaired) electrons. The maximum atomic E-state index is 11.1. The Morgan fingerprint density at radius 3 is 2.35 bits per heavy atom. The molecule has 1 fully saturated rings. The first-order chi connectivity index (χ1) is 8.06. The Balaban J connectivity index is 2.88. The fourth-order valence-electron chi connectivity index (χ4n) is 2.00. The van der Waals surface area contributed by atoms with E-state index in [0.29, 0.717) is 32.7 Å². The highest BCUT2D eigenvalue weighted by molar-refractivity contribution is 5.95. The van der Waals surface area contributed by atoms with Crippen LogP contribution in [-0.2, 0) is 14.3 Å². The van der Waals surface area contributed by atoms with Gasteiger partial charge in [-0.25, -0.2) is 9.59 Å². The predicted octanol–water partition coefficient (Wildman–Crippen LogP) is 0.193. The van der Waals surface area contributed by atoms with Gasteiger partial charge in [-0.15, -0.1) is 0 Å². The molecule has 0 bridgehead atoms. The van der Waals surface area contributed by atoms with E-state index >= 15 is 0 Å².